The third kappa shape index (κ3) is 4.50. The fraction of sp³-hybridized carbons (Fsp3) is 0.750. The Labute approximate surface area is 131 Å². The maximum atomic E-state index is 5.71. The average Bonchev–Trinajstić information content (AvgIpc) is 2.95. The van der Waals surface area contributed by atoms with Crippen molar-refractivity contribution < 1.29 is 4.74 Å². The van der Waals surface area contributed by atoms with E-state index in [2.05, 4.69) is 21.9 Å². The molecule has 0 spiro atoms. The molecule has 0 saturated carbocycles. The van der Waals surface area contributed by atoms with E-state index in [-0.39, 0.29) is 6.10 Å². The highest BCUT2D eigenvalue weighted by Gasteiger charge is 2.20. The van der Waals surface area contributed by atoms with Gasteiger partial charge in [0.25, 0.3) is 0 Å². The molecule has 3 heterocycles. The van der Waals surface area contributed by atoms with Gasteiger partial charge in [0.1, 0.15) is 0 Å². The molecule has 5 heteroatoms. The molecular formula is C16H27N3OS. The Morgan fingerprint density at radius 1 is 1.05 bits per heavy atom. The number of ether oxygens (including phenoxy) is 1. The van der Waals surface area contributed by atoms with Crippen LogP contribution >= 0.6 is 11.3 Å². The molecule has 1 aromatic heterocycles. The Balaban J connectivity index is 1.50. The minimum Gasteiger partial charge on any atom is -0.374 e. The van der Waals surface area contributed by atoms with Gasteiger partial charge in [-0.05, 0) is 38.1 Å². The molecule has 2 fully saturated rings. The van der Waals surface area contributed by atoms with Gasteiger partial charge in [0.05, 0.1) is 12.7 Å². The molecule has 0 bridgehead atoms. The Kier molecular flexibility index (Phi) is 5.66. The van der Waals surface area contributed by atoms with Crippen LogP contribution in [0, 0.1) is 0 Å². The zero-order valence-corrected chi connectivity index (χ0v) is 13.6. The monoisotopic (exact) mass is 309 g/mol. The lowest BCUT2D eigenvalue weighted by molar-refractivity contribution is -0.0257. The SMILES string of the molecule is NC[C@H]1CN(Cc2ccc(CN3CCCCC3)s2)CCO1. The van der Waals surface area contributed by atoms with Crippen molar-refractivity contribution in [3.63, 3.8) is 0 Å². The number of hydrogen-bond donors (Lipinski definition) is 1. The number of morpholine rings is 1. The summed E-state index contributed by atoms with van der Waals surface area (Å²) in [7, 11) is 0. The Bertz CT molecular complexity index is 431. The van der Waals surface area contributed by atoms with Crippen LogP contribution in [0.1, 0.15) is 29.0 Å². The predicted octanol–water partition coefficient (Wildman–Crippen LogP) is 1.89. The molecule has 2 saturated heterocycles. The van der Waals surface area contributed by atoms with Crippen LogP contribution in [-0.2, 0) is 17.8 Å². The van der Waals surface area contributed by atoms with Crippen molar-refractivity contribution in [2.45, 2.75) is 38.5 Å². The number of nitrogens with two attached hydrogens (primary N) is 1. The number of hydrogen-bond acceptors (Lipinski definition) is 5. The van der Waals surface area contributed by atoms with Gasteiger partial charge in [0.15, 0.2) is 0 Å². The first-order valence-corrected chi connectivity index (χ1v) is 8.99. The summed E-state index contributed by atoms with van der Waals surface area (Å²) in [5.41, 5.74) is 5.71. The molecule has 0 unspecified atom stereocenters. The van der Waals surface area contributed by atoms with E-state index in [1.807, 2.05) is 11.3 Å². The Morgan fingerprint density at radius 2 is 1.76 bits per heavy atom. The Hall–Kier alpha value is -0.460. The van der Waals surface area contributed by atoms with Gasteiger partial charge < -0.3 is 10.5 Å². The summed E-state index contributed by atoms with van der Waals surface area (Å²) < 4.78 is 5.63. The van der Waals surface area contributed by atoms with Gasteiger partial charge >= 0.3 is 0 Å². The molecule has 2 aliphatic heterocycles. The van der Waals surface area contributed by atoms with E-state index in [9.17, 15) is 0 Å². The van der Waals surface area contributed by atoms with Gasteiger partial charge in [0, 0.05) is 42.5 Å². The maximum absolute atomic E-state index is 5.71. The van der Waals surface area contributed by atoms with Gasteiger partial charge in [-0.1, -0.05) is 6.42 Å². The third-order valence-electron chi connectivity index (χ3n) is 4.41. The Morgan fingerprint density at radius 3 is 2.48 bits per heavy atom. The lowest BCUT2D eigenvalue weighted by Crippen LogP contribution is -2.44. The molecule has 1 atom stereocenters. The normalized spacial score (nSPS) is 25.3. The minimum absolute atomic E-state index is 0.214. The van der Waals surface area contributed by atoms with E-state index in [4.69, 9.17) is 10.5 Å². The van der Waals surface area contributed by atoms with Crippen molar-refractivity contribution in [3.8, 4) is 0 Å². The van der Waals surface area contributed by atoms with Gasteiger partial charge in [-0.3, -0.25) is 9.80 Å². The molecule has 0 amide bonds. The van der Waals surface area contributed by atoms with E-state index >= 15 is 0 Å². The smallest absolute Gasteiger partial charge is 0.0824 e. The highest BCUT2D eigenvalue weighted by Crippen LogP contribution is 2.22. The van der Waals surface area contributed by atoms with Crippen LogP contribution in [0.15, 0.2) is 12.1 Å². The summed E-state index contributed by atoms with van der Waals surface area (Å²) in [6.45, 7) is 8.16. The summed E-state index contributed by atoms with van der Waals surface area (Å²) in [6, 6.07) is 4.62. The average molecular weight is 309 g/mol. The third-order valence-corrected chi connectivity index (χ3v) is 5.47. The largest absolute Gasteiger partial charge is 0.374 e. The second-order valence-corrected chi connectivity index (χ2v) is 7.42. The van der Waals surface area contributed by atoms with E-state index in [0.717, 1.165) is 32.8 Å². The molecule has 0 aromatic carbocycles. The first-order valence-electron chi connectivity index (χ1n) is 8.17. The summed E-state index contributed by atoms with van der Waals surface area (Å²) in [4.78, 5) is 8.05. The molecule has 118 valence electrons. The predicted molar refractivity (Wildman–Crippen MR) is 87.5 cm³/mol. The van der Waals surface area contributed by atoms with Gasteiger partial charge in [-0.25, -0.2) is 0 Å². The van der Waals surface area contributed by atoms with Crippen molar-refractivity contribution in [2.75, 3.05) is 39.3 Å². The number of piperidine rings is 1. The number of nitrogens with zero attached hydrogens (tertiary/aromatic N) is 2. The summed E-state index contributed by atoms with van der Waals surface area (Å²) >= 11 is 1.97. The van der Waals surface area contributed by atoms with Crippen LogP contribution in [0.25, 0.3) is 0 Å². The molecule has 2 N–H and O–H groups in total. The second kappa shape index (κ2) is 7.70. The molecule has 3 rings (SSSR count). The molecule has 1 aromatic rings. The van der Waals surface area contributed by atoms with Gasteiger partial charge in [0.2, 0.25) is 0 Å². The van der Waals surface area contributed by atoms with Crippen LogP contribution < -0.4 is 5.73 Å². The van der Waals surface area contributed by atoms with Crippen molar-refractivity contribution in [2.24, 2.45) is 5.73 Å². The van der Waals surface area contributed by atoms with Crippen molar-refractivity contribution in [3.05, 3.63) is 21.9 Å². The number of likely N-dealkylation sites (tertiary alicyclic amines) is 1. The fourth-order valence-corrected chi connectivity index (χ4v) is 4.32. The topological polar surface area (TPSA) is 41.7 Å². The van der Waals surface area contributed by atoms with Crippen molar-refractivity contribution in [1.82, 2.24) is 9.80 Å². The van der Waals surface area contributed by atoms with E-state index in [1.54, 1.807) is 0 Å². The lowest BCUT2D eigenvalue weighted by Gasteiger charge is -2.31. The fourth-order valence-electron chi connectivity index (χ4n) is 3.22. The van der Waals surface area contributed by atoms with Crippen LogP contribution in [0.2, 0.25) is 0 Å². The zero-order valence-electron chi connectivity index (χ0n) is 12.8. The van der Waals surface area contributed by atoms with Crippen molar-refractivity contribution in [1.29, 1.82) is 0 Å². The molecule has 4 nitrogen and oxygen atoms in total. The molecule has 0 aliphatic carbocycles. The van der Waals surface area contributed by atoms with Crippen LogP contribution in [0.3, 0.4) is 0 Å². The molecule has 0 radical (unpaired) electrons. The van der Waals surface area contributed by atoms with Crippen LogP contribution in [-0.4, -0.2) is 55.2 Å². The van der Waals surface area contributed by atoms with E-state index < -0.39 is 0 Å². The maximum Gasteiger partial charge on any atom is 0.0824 e. The van der Waals surface area contributed by atoms with Crippen LogP contribution in [0.4, 0.5) is 0 Å². The highest BCUT2D eigenvalue weighted by atomic mass is 32.1. The number of rotatable bonds is 5. The standard InChI is InChI=1S/C16H27N3OS/c17-10-14-11-19(8-9-20-14)13-16-5-4-15(21-16)12-18-6-2-1-3-7-18/h4-5,14H,1-3,6-13,17H2/t14-/m0/s1. The zero-order chi connectivity index (χ0) is 14.5. The molecule has 21 heavy (non-hydrogen) atoms. The molecule has 2 aliphatic rings. The van der Waals surface area contributed by atoms with Crippen molar-refractivity contribution >= 4 is 11.3 Å². The lowest BCUT2D eigenvalue weighted by atomic mass is 10.1. The van der Waals surface area contributed by atoms with E-state index in [0.29, 0.717) is 6.54 Å². The minimum atomic E-state index is 0.214. The quantitative estimate of drug-likeness (QED) is 0.902. The van der Waals surface area contributed by atoms with Crippen LogP contribution in [0.5, 0.6) is 0 Å². The first kappa shape index (κ1) is 15.4. The second-order valence-electron chi connectivity index (χ2n) is 6.17. The number of thiophene rings is 1. The van der Waals surface area contributed by atoms with E-state index in [1.165, 1.54) is 42.1 Å². The first-order chi connectivity index (χ1) is 10.3. The van der Waals surface area contributed by atoms with Gasteiger partial charge in [-0.2, -0.15) is 0 Å². The van der Waals surface area contributed by atoms with Gasteiger partial charge in [-0.15, -0.1) is 11.3 Å². The summed E-state index contributed by atoms with van der Waals surface area (Å²) in [6.07, 6.45) is 4.36. The summed E-state index contributed by atoms with van der Waals surface area (Å²) in [5, 5.41) is 0. The summed E-state index contributed by atoms with van der Waals surface area (Å²) in [5.74, 6) is 0. The highest BCUT2D eigenvalue weighted by molar-refractivity contribution is 7.11. The molecular weight excluding hydrogens is 282 g/mol.